The van der Waals surface area contributed by atoms with E-state index in [-0.39, 0.29) is 5.69 Å². The molecule has 7 heteroatoms. The summed E-state index contributed by atoms with van der Waals surface area (Å²) in [5.74, 6) is 1.04. The summed E-state index contributed by atoms with van der Waals surface area (Å²) in [6, 6.07) is 3.66. The number of carbonyl (C=O) groups is 1. The van der Waals surface area contributed by atoms with Gasteiger partial charge in [-0.25, -0.2) is 14.8 Å². The molecule has 7 nitrogen and oxygen atoms in total. The Morgan fingerprint density at radius 1 is 1.38 bits per heavy atom. The third kappa shape index (κ3) is 2.96. The number of rotatable bonds is 5. The number of ether oxygens (including phenoxy) is 2. The van der Waals surface area contributed by atoms with E-state index in [1.54, 1.807) is 23.9 Å². The molecule has 0 amide bonds. The Labute approximate surface area is 122 Å². The highest BCUT2D eigenvalue weighted by molar-refractivity contribution is 5.92. The Bertz CT molecular complexity index is 634. The quantitative estimate of drug-likeness (QED) is 0.834. The van der Waals surface area contributed by atoms with Crippen LogP contribution in [0.15, 0.2) is 18.3 Å². The van der Waals surface area contributed by atoms with Gasteiger partial charge in [-0.15, -0.1) is 0 Å². The first kappa shape index (κ1) is 14.8. The molecule has 2 aromatic rings. The highest BCUT2D eigenvalue weighted by atomic mass is 16.5. The summed E-state index contributed by atoms with van der Waals surface area (Å²) >= 11 is 0. The summed E-state index contributed by atoms with van der Waals surface area (Å²) in [4.78, 5) is 20.0. The summed E-state index contributed by atoms with van der Waals surface area (Å²) in [7, 11) is 2.87. The number of nitrogen functional groups attached to an aromatic ring is 1. The Morgan fingerprint density at radius 2 is 2.14 bits per heavy atom. The normalized spacial score (nSPS) is 10.4. The van der Waals surface area contributed by atoms with Crippen molar-refractivity contribution in [3.05, 3.63) is 35.4 Å². The minimum atomic E-state index is -0.534. The Balaban J connectivity index is 2.33. The maximum atomic E-state index is 11.6. The molecular formula is C14H18N4O3. The zero-order chi connectivity index (χ0) is 15.4. The van der Waals surface area contributed by atoms with Crippen LogP contribution in [0, 0.1) is 0 Å². The van der Waals surface area contributed by atoms with Crippen molar-refractivity contribution >= 4 is 11.8 Å². The minimum absolute atomic E-state index is 0.149. The molecule has 0 aromatic carbocycles. The van der Waals surface area contributed by atoms with Crippen molar-refractivity contribution in [3.8, 4) is 5.88 Å². The molecule has 0 saturated carbocycles. The van der Waals surface area contributed by atoms with Crippen LogP contribution in [0.2, 0.25) is 0 Å². The molecule has 112 valence electrons. The van der Waals surface area contributed by atoms with E-state index in [0.717, 1.165) is 11.4 Å². The van der Waals surface area contributed by atoms with Gasteiger partial charge >= 0.3 is 5.97 Å². The van der Waals surface area contributed by atoms with Gasteiger partial charge in [-0.05, 0) is 5.56 Å². The van der Waals surface area contributed by atoms with Gasteiger partial charge in [0.05, 0.1) is 20.8 Å². The summed E-state index contributed by atoms with van der Waals surface area (Å²) in [6.07, 6.45) is 2.36. The van der Waals surface area contributed by atoms with Gasteiger partial charge < -0.3 is 19.8 Å². The Kier molecular flexibility index (Phi) is 4.42. The molecule has 0 unspecified atom stereocenters. The zero-order valence-electron chi connectivity index (χ0n) is 12.3. The van der Waals surface area contributed by atoms with E-state index >= 15 is 0 Å². The van der Waals surface area contributed by atoms with Crippen molar-refractivity contribution in [2.75, 3.05) is 20.0 Å². The number of aromatic nitrogens is 3. The summed E-state index contributed by atoms with van der Waals surface area (Å²) in [6.45, 7) is 2.43. The van der Waals surface area contributed by atoms with Crippen LogP contribution in [0.5, 0.6) is 5.88 Å². The zero-order valence-corrected chi connectivity index (χ0v) is 12.3. The van der Waals surface area contributed by atoms with Crippen molar-refractivity contribution in [2.45, 2.75) is 19.9 Å². The molecule has 0 bridgehead atoms. The van der Waals surface area contributed by atoms with Crippen molar-refractivity contribution in [2.24, 2.45) is 0 Å². The van der Waals surface area contributed by atoms with Crippen LogP contribution < -0.4 is 10.5 Å². The van der Waals surface area contributed by atoms with Gasteiger partial charge in [-0.3, -0.25) is 0 Å². The third-order valence-corrected chi connectivity index (χ3v) is 3.13. The number of nitrogens with zero attached hydrogens (tertiary/aromatic N) is 3. The number of hydrogen-bond acceptors (Lipinski definition) is 6. The van der Waals surface area contributed by atoms with Crippen LogP contribution in [-0.2, 0) is 17.7 Å². The topological polar surface area (TPSA) is 92.3 Å². The maximum Gasteiger partial charge on any atom is 0.360 e. The highest BCUT2D eigenvalue weighted by Crippen LogP contribution is 2.18. The third-order valence-electron chi connectivity index (χ3n) is 3.13. The number of anilines is 1. The fraction of sp³-hybridized carbons (Fsp3) is 0.357. The van der Waals surface area contributed by atoms with Crippen LogP contribution in [0.3, 0.4) is 0 Å². The van der Waals surface area contributed by atoms with Gasteiger partial charge in [0, 0.05) is 18.7 Å². The van der Waals surface area contributed by atoms with Gasteiger partial charge in [0.2, 0.25) is 5.88 Å². The fourth-order valence-corrected chi connectivity index (χ4v) is 2.01. The summed E-state index contributed by atoms with van der Waals surface area (Å²) in [5, 5.41) is 0. The average molecular weight is 290 g/mol. The number of nitrogens with two attached hydrogens (primary N) is 1. The smallest absolute Gasteiger partial charge is 0.360 e. The predicted molar refractivity (Wildman–Crippen MR) is 77.2 cm³/mol. The van der Waals surface area contributed by atoms with Crippen molar-refractivity contribution in [1.29, 1.82) is 0 Å². The van der Waals surface area contributed by atoms with Crippen molar-refractivity contribution in [3.63, 3.8) is 0 Å². The number of methoxy groups -OCH3 is 2. The summed E-state index contributed by atoms with van der Waals surface area (Å²) in [5.41, 5.74) is 7.10. The molecule has 0 saturated heterocycles. The second-order valence-electron chi connectivity index (χ2n) is 4.40. The van der Waals surface area contributed by atoms with E-state index in [2.05, 4.69) is 14.7 Å². The van der Waals surface area contributed by atoms with Crippen LogP contribution in [0.25, 0.3) is 0 Å². The lowest BCUT2D eigenvalue weighted by molar-refractivity contribution is 0.0595. The van der Waals surface area contributed by atoms with Gasteiger partial charge in [0.15, 0.2) is 5.69 Å². The maximum absolute atomic E-state index is 11.6. The Morgan fingerprint density at radius 3 is 2.67 bits per heavy atom. The van der Waals surface area contributed by atoms with Crippen LogP contribution in [-0.4, -0.2) is 34.7 Å². The molecule has 0 spiro atoms. The highest BCUT2D eigenvalue weighted by Gasteiger charge is 2.20. The predicted octanol–water partition coefficient (Wildman–Crippen LogP) is 1.27. The molecule has 2 heterocycles. The van der Waals surface area contributed by atoms with Crippen LogP contribution in [0.1, 0.15) is 28.8 Å². The first-order chi connectivity index (χ1) is 10.1. The number of aryl methyl sites for hydroxylation is 1. The summed E-state index contributed by atoms with van der Waals surface area (Å²) < 4.78 is 11.5. The second-order valence-corrected chi connectivity index (χ2v) is 4.40. The number of carbonyl (C=O) groups excluding carboxylic acids is 1. The second kappa shape index (κ2) is 6.25. The van der Waals surface area contributed by atoms with Crippen LogP contribution in [0.4, 0.5) is 5.82 Å². The lowest BCUT2D eigenvalue weighted by atomic mass is 10.2. The minimum Gasteiger partial charge on any atom is -0.481 e. The number of hydrogen-bond donors (Lipinski definition) is 1. The molecule has 2 N–H and O–H groups in total. The van der Waals surface area contributed by atoms with E-state index in [4.69, 9.17) is 10.5 Å². The van der Waals surface area contributed by atoms with Gasteiger partial charge in [0.1, 0.15) is 11.6 Å². The van der Waals surface area contributed by atoms with Gasteiger partial charge in [0.25, 0.3) is 0 Å². The first-order valence-electron chi connectivity index (χ1n) is 6.52. The molecule has 0 atom stereocenters. The molecule has 0 aliphatic rings. The van der Waals surface area contributed by atoms with E-state index in [1.165, 1.54) is 7.11 Å². The average Bonchev–Trinajstić information content (AvgIpc) is 2.84. The van der Waals surface area contributed by atoms with E-state index in [1.807, 2.05) is 13.0 Å². The lowest BCUT2D eigenvalue weighted by Crippen LogP contribution is -2.10. The van der Waals surface area contributed by atoms with Gasteiger partial charge in [-0.1, -0.05) is 13.0 Å². The molecular weight excluding hydrogens is 272 g/mol. The SMILES string of the molecule is CCc1nc(C(=O)OC)c(N)n1Cc1ccc(OC)nc1. The first-order valence-corrected chi connectivity index (χ1v) is 6.52. The molecule has 0 aliphatic carbocycles. The number of imidazole rings is 1. The monoisotopic (exact) mass is 290 g/mol. The van der Waals surface area contributed by atoms with Crippen LogP contribution >= 0.6 is 0 Å². The molecule has 0 aliphatic heterocycles. The van der Waals surface area contributed by atoms with E-state index in [9.17, 15) is 4.79 Å². The lowest BCUT2D eigenvalue weighted by Gasteiger charge is -2.09. The molecule has 2 aromatic heterocycles. The fourth-order valence-electron chi connectivity index (χ4n) is 2.01. The standard InChI is InChI=1S/C14H18N4O3/c1-4-10-17-12(14(19)21-3)13(15)18(10)8-9-5-6-11(20-2)16-7-9/h5-7H,4,8,15H2,1-3H3. The number of pyridine rings is 1. The van der Waals surface area contributed by atoms with Crippen molar-refractivity contribution < 1.29 is 14.3 Å². The molecule has 21 heavy (non-hydrogen) atoms. The molecule has 0 radical (unpaired) electrons. The number of esters is 1. The Hall–Kier alpha value is -2.57. The molecule has 2 rings (SSSR count). The van der Waals surface area contributed by atoms with Crippen molar-refractivity contribution in [1.82, 2.24) is 14.5 Å². The largest absolute Gasteiger partial charge is 0.481 e. The van der Waals surface area contributed by atoms with Gasteiger partial charge in [-0.2, -0.15) is 0 Å². The molecule has 0 fully saturated rings. The van der Waals surface area contributed by atoms with E-state index in [0.29, 0.717) is 24.7 Å². The van der Waals surface area contributed by atoms with E-state index < -0.39 is 5.97 Å².